The lowest BCUT2D eigenvalue weighted by atomic mass is 9.93. The zero-order valence-corrected chi connectivity index (χ0v) is 13.3. The second kappa shape index (κ2) is 6.67. The van der Waals surface area contributed by atoms with E-state index in [4.69, 9.17) is 4.74 Å². The van der Waals surface area contributed by atoms with Gasteiger partial charge in [-0.15, -0.1) is 0 Å². The molecule has 19 heavy (non-hydrogen) atoms. The van der Waals surface area contributed by atoms with E-state index in [0.29, 0.717) is 11.3 Å². The van der Waals surface area contributed by atoms with E-state index in [1.807, 2.05) is 0 Å². The number of methoxy groups -OCH3 is 1. The fraction of sp³-hybridized carbons (Fsp3) is 0.625. The van der Waals surface area contributed by atoms with Crippen LogP contribution in [0, 0.1) is 13.8 Å². The molecule has 0 aliphatic carbocycles. The second-order valence-corrected chi connectivity index (χ2v) is 6.72. The molecule has 1 heterocycles. The zero-order chi connectivity index (χ0) is 13.8. The third-order valence-electron chi connectivity index (χ3n) is 3.92. The molecule has 1 aromatic rings. The average molecular weight is 279 g/mol. The third kappa shape index (κ3) is 3.26. The van der Waals surface area contributed by atoms with Crippen LogP contribution in [0.4, 0.5) is 0 Å². The van der Waals surface area contributed by atoms with Gasteiger partial charge in [-0.2, -0.15) is 11.8 Å². The average Bonchev–Trinajstić information content (AvgIpc) is 2.42. The number of aryl methyl sites for hydroxylation is 2. The quantitative estimate of drug-likeness (QED) is 0.904. The first-order valence-corrected chi connectivity index (χ1v) is 8.16. The molecule has 2 atom stereocenters. The Labute approximate surface area is 121 Å². The molecule has 1 aliphatic rings. The lowest BCUT2D eigenvalue weighted by Crippen LogP contribution is -2.30. The first kappa shape index (κ1) is 14.7. The number of thioether (sulfide) groups is 1. The van der Waals surface area contributed by atoms with E-state index in [9.17, 15) is 0 Å². The highest BCUT2D eigenvalue weighted by molar-refractivity contribution is 8.00. The highest BCUT2D eigenvalue weighted by Gasteiger charge is 2.28. The van der Waals surface area contributed by atoms with Gasteiger partial charge in [0, 0.05) is 16.9 Å². The van der Waals surface area contributed by atoms with Gasteiger partial charge in [-0.25, -0.2) is 0 Å². The third-order valence-corrected chi connectivity index (χ3v) is 5.38. The van der Waals surface area contributed by atoms with E-state index in [1.165, 1.54) is 41.7 Å². The normalized spacial score (nSPS) is 21.2. The highest BCUT2D eigenvalue weighted by atomic mass is 32.2. The van der Waals surface area contributed by atoms with Gasteiger partial charge < -0.3 is 10.1 Å². The minimum absolute atomic E-state index is 0.390. The van der Waals surface area contributed by atoms with E-state index in [2.05, 4.69) is 50.1 Å². The van der Waals surface area contributed by atoms with Gasteiger partial charge in [0.25, 0.3) is 0 Å². The van der Waals surface area contributed by atoms with Crippen LogP contribution in [0.25, 0.3) is 0 Å². The number of hydrogen-bond acceptors (Lipinski definition) is 3. The maximum Gasteiger partial charge on any atom is 0.124 e. The molecule has 1 aromatic carbocycles. The number of hydrogen-bond donors (Lipinski definition) is 1. The van der Waals surface area contributed by atoms with Crippen LogP contribution in [-0.2, 0) is 0 Å². The summed E-state index contributed by atoms with van der Waals surface area (Å²) < 4.78 is 5.63. The van der Waals surface area contributed by atoms with Crippen molar-refractivity contribution >= 4 is 11.8 Å². The predicted molar refractivity (Wildman–Crippen MR) is 84.4 cm³/mol. The van der Waals surface area contributed by atoms with Crippen LogP contribution >= 0.6 is 11.8 Å². The summed E-state index contributed by atoms with van der Waals surface area (Å²) in [7, 11) is 3.84. The maximum absolute atomic E-state index is 5.63. The first-order chi connectivity index (χ1) is 9.17. The van der Waals surface area contributed by atoms with Crippen LogP contribution < -0.4 is 10.1 Å². The van der Waals surface area contributed by atoms with Crippen molar-refractivity contribution in [2.75, 3.05) is 19.9 Å². The highest BCUT2D eigenvalue weighted by Crippen LogP contribution is 2.39. The Balaban J connectivity index is 2.36. The lowest BCUT2D eigenvalue weighted by Gasteiger charge is -2.32. The molecule has 0 bridgehead atoms. The molecule has 2 nitrogen and oxygen atoms in total. The van der Waals surface area contributed by atoms with Crippen molar-refractivity contribution in [3.63, 3.8) is 0 Å². The Morgan fingerprint density at radius 3 is 2.68 bits per heavy atom. The molecule has 0 spiro atoms. The lowest BCUT2D eigenvalue weighted by molar-refractivity contribution is 0.396. The molecule has 2 rings (SSSR count). The van der Waals surface area contributed by atoms with Crippen molar-refractivity contribution in [1.82, 2.24) is 5.32 Å². The van der Waals surface area contributed by atoms with Gasteiger partial charge in [-0.3, -0.25) is 0 Å². The van der Waals surface area contributed by atoms with Gasteiger partial charge in [0.15, 0.2) is 0 Å². The minimum Gasteiger partial charge on any atom is -0.496 e. The number of nitrogens with one attached hydrogen (secondary N) is 1. The summed E-state index contributed by atoms with van der Waals surface area (Å²) in [5.41, 5.74) is 3.95. The van der Waals surface area contributed by atoms with Crippen molar-refractivity contribution in [2.45, 2.75) is 44.4 Å². The van der Waals surface area contributed by atoms with Crippen molar-refractivity contribution in [2.24, 2.45) is 0 Å². The summed E-state index contributed by atoms with van der Waals surface area (Å²) >= 11 is 2.10. The summed E-state index contributed by atoms with van der Waals surface area (Å²) in [5.74, 6) is 2.32. The monoisotopic (exact) mass is 279 g/mol. The van der Waals surface area contributed by atoms with Crippen LogP contribution in [-0.4, -0.2) is 25.2 Å². The predicted octanol–water partition coefficient (Wildman–Crippen LogP) is 3.86. The molecule has 0 amide bonds. The molecule has 2 unspecified atom stereocenters. The van der Waals surface area contributed by atoms with Crippen molar-refractivity contribution in [3.05, 3.63) is 28.8 Å². The maximum atomic E-state index is 5.63. The Kier molecular flexibility index (Phi) is 5.17. The van der Waals surface area contributed by atoms with Gasteiger partial charge in [0.05, 0.1) is 7.11 Å². The summed E-state index contributed by atoms with van der Waals surface area (Å²) in [6, 6.07) is 4.80. The largest absolute Gasteiger partial charge is 0.496 e. The van der Waals surface area contributed by atoms with Gasteiger partial charge in [-0.05, 0) is 56.7 Å². The molecule has 0 aromatic heterocycles. The number of ether oxygens (including phenoxy) is 1. The van der Waals surface area contributed by atoms with Crippen LogP contribution in [0.5, 0.6) is 5.75 Å². The Morgan fingerprint density at radius 1 is 1.32 bits per heavy atom. The SMILES string of the molecule is CNC(c1c(C)cc(C)cc1OC)C1CCCCS1. The standard InChI is InChI=1S/C16H25NOS/c1-11-9-12(2)15(13(10-11)18-4)16(17-3)14-7-5-6-8-19-14/h9-10,14,16-17H,5-8H2,1-4H3. The molecule has 106 valence electrons. The van der Waals surface area contributed by atoms with Crippen molar-refractivity contribution in [1.29, 1.82) is 0 Å². The topological polar surface area (TPSA) is 21.3 Å². The van der Waals surface area contributed by atoms with Crippen molar-refractivity contribution < 1.29 is 4.74 Å². The van der Waals surface area contributed by atoms with E-state index in [0.717, 1.165) is 5.75 Å². The van der Waals surface area contributed by atoms with E-state index in [1.54, 1.807) is 7.11 Å². The van der Waals surface area contributed by atoms with Crippen molar-refractivity contribution in [3.8, 4) is 5.75 Å². The van der Waals surface area contributed by atoms with Gasteiger partial charge in [0.1, 0.15) is 5.75 Å². The van der Waals surface area contributed by atoms with E-state index >= 15 is 0 Å². The molecular formula is C16H25NOS. The van der Waals surface area contributed by atoms with Crippen LogP contribution in [0.3, 0.4) is 0 Å². The molecule has 0 radical (unpaired) electrons. The molecule has 1 N–H and O–H groups in total. The van der Waals surface area contributed by atoms with E-state index < -0.39 is 0 Å². The van der Waals surface area contributed by atoms with Gasteiger partial charge in [-0.1, -0.05) is 12.5 Å². The van der Waals surface area contributed by atoms with Crippen LogP contribution in [0.1, 0.15) is 42.0 Å². The molecular weight excluding hydrogens is 254 g/mol. The Bertz CT molecular complexity index is 427. The van der Waals surface area contributed by atoms with E-state index in [-0.39, 0.29) is 0 Å². The fourth-order valence-electron chi connectivity index (χ4n) is 3.05. The molecule has 0 saturated carbocycles. The summed E-state index contributed by atoms with van der Waals surface area (Å²) in [6.45, 7) is 4.33. The summed E-state index contributed by atoms with van der Waals surface area (Å²) in [5, 5.41) is 4.18. The fourth-order valence-corrected chi connectivity index (χ4v) is 4.52. The zero-order valence-electron chi connectivity index (χ0n) is 12.5. The summed E-state index contributed by atoms with van der Waals surface area (Å²) in [6.07, 6.45) is 4.01. The van der Waals surface area contributed by atoms with Crippen LogP contribution in [0.2, 0.25) is 0 Å². The Hall–Kier alpha value is -0.670. The minimum atomic E-state index is 0.390. The number of benzene rings is 1. The Morgan fingerprint density at radius 2 is 2.11 bits per heavy atom. The smallest absolute Gasteiger partial charge is 0.124 e. The molecule has 1 saturated heterocycles. The second-order valence-electron chi connectivity index (χ2n) is 5.37. The molecule has 1 aliphatic heterocycles. The van der Waals surface area contributed by atoms with Gasteiger partial charge >= 0.3 is 0 Å². The molecule has 3 heteroatoms. The van der Waals surface area contributed by atoms with Crippen LogP contribution in [0.15, 0.2) is 12.1 Å². The summed E-state index contributed by atoms with van der Waals surface area (Å²) in [4.78, 5) is 0. The van der Waals surface area contributed by atoms with Gasteiger partial charge in [0.2, 0.25) is 0 Å². The number of rotatable bonds is 4. The molecule has 1 fully saturated rings. The first-order valence-electron chi connectivity index (χ1n) is 7.11.